The van der Waals surface area contributed by atoms with Crippen LogP contribution in [0.1, 0.15) is 0 Å². The molecule has 3 rings (SSSR count). The number of para-hydroxylation sites is 2. The summed E-state index contributed by atoms with van der Waals surface area (Å²) < 4.78 is 6.46. The summed E-state index contributed by atoms with van der Waals surface area (Å²) in [7, 11) is 1.72. The molecule has 21 heavy (non-hydrogen) atoms. The third-order valence-corrected chi connectivity index (χ3v) is 4.21. The second kappa shape index (κ2) is 6.35. The minimum atomic E-state index is 0.938. The largest absolute Gasteiger partial charge is 0.495 e. The Labute approximate surface area is 133 Å². The smallest absolute Gasteiger partial charge is 0.142 e. The van der Waals surface area contributed by atoms with Crippen molar-refractivity contribution < 1.29 is 4.74 Å². The fraction of sp³-hybridized carbons (Fsp3) is 0.312. The molecule has 5 heteroatoms. The van der Waals surface area contributed by atoms with Gasteiger partial charge in [-0.1, -0.05) is 12.1 Å². The normalized spacial score (nSPS) is 15.1. The SMILES string of the molecule is COc1ccccc1N1CCN(c2ccc(Br)cn2)CC1. The molecule has 0 atom stereocenters. The monoisotopic (exact) mass is 347 g/mol. The fourth-order valence-corrected chi connectivity index (χ4v) is 2.86. The van der Waals surface area contributed by atoms with Crippen molar-refractivity contribution in [3.8, 4) is 5.75 Å². The average molecular weight is 348 g/mol. The minimum Gasteiger partial charge on any atom is -0.495 e. The van der Waals surface area contributed by atoms with Crippen LogP contribution in [0.3, 0.4) is 0 Å². The Balaban J connectivity index is 1.69. The van der Waals surface area contributed by atoms with Crippen molar-refractivity contribution in [2.24, 2.45) is 0 Å². The van der Waals surface area contributed by atoms with E-state index in [2.05, 4.69) is 48.9 Å². The van der Waals surface area contributed by atoms with E-state index in [-0.39, 0.29) is 0 Å². The maximum absolute atomic E-state index is 5.45. The Morgan fingerprint density at radius 1 is 1.00 bits per heavy atom. The Morgan fingerprint density at radius 3 is 2.38 bits per heavy atom. The molecule has 1 fully saturated rings. The highest BCUT2D eigenvalue weighted by Crippen LogP contribution is 2.29. The molecule has 0 saturated carbocycles. The number of methoxy groups -OCH3 is 1. The van der Waals surface area contributed by atoms with Gasteiger partial charge in [0.25, 0.3) is 0 Å². The maximum atomic E-state index is 5.45. The lowest BCUT2D eigenvalue weighted by atomic mass is 10.2. The van der Waals surface area contributed by atoms with Gasteiger partial charge in [-0.2, -0.15) is 0 Å². The van der Waals surface area contributed by atoms with E-state index in [1.165, 1.54) is 5.69 Å². The molecule has 0 spiro atoms. The number of pyridine rings is 1. The van der Waals surface area contributed by atoms with E-state index in [1.807, 2.05) is 24.4 Å². The summed E-state index contributed by atoms with van der Waals surface area (Å²) in [5, 5.41) is 0. The van der Waals surface area contributed by atoms with E-state index in [4.69, 9.17) is 4.74 Å². The van der Waals surface area contributed by atoms with Gasteiger partial charge in [0.1, 0.15) is 11.6 Å². The van der Waals surface area contributed by atoms with Gasteiger partial charge in [0, 0.05) is 36.8 Å². The zero-order valence-corrected chi connectivity index (χ0v) is 13.6. The predicted molar refractivity (Wildman–Crippen MR) is 89.4 cm³/mol. The zero-order chi connectivity index (χ0) is 14.7. The molecule has 1 saturated heterocycles. The van der Waals surface area contributed by atoms with Gasteiger partial charge in [0.2, 0.25) is 0 Å². The highest BCUT2D eigenvalue weighted by molar-refractivity contribution is 9.10. The van der Waals surface area contributed by atoms with Crippen molar-refractivity contribution in [1.29, 1.82) is 0 Å². The van der Waals surface area contributed by atoms with Crippen LogP contribution in [0.5, 0.6) is 5.75 Å². The number of hydrogen-bond donors (Lipinski definition) is 0. The fourth-order valence-electron chi connectivity index (χ4n) is 2.62. The first-order chi connectivity index (χ1) is 10.3. The van der Waals surface area contributed by atoms with Crippen LogP contribution in [0.2, 0.25) is 0 Å². The van der Waals surface area contributed by atoms with Gasteiger partial charge >= 0.3 is 0 Å². The van der Waals surface area contributed by atoms with Gasteiger partial charge in [0.15, 0.2) is 0 Å². The van der Waals surface area contributed by atoms with Crippen LogP contribution < -0.4 is 14.5 Å². The van der Waals surface area contributed by atoms with Crippen LogP contribution in [0.4, 0.5) is 11.5 Å². The third kappa shape index (κ3) is 3.13. The van der Waals surface area contributed by atoms with Crippen LogP contribution in [0, 0.1) is 0 Å². The molecule has 1 aromatic carbocycles. The molecular formula is C16H18BrN3O. The topological polar surface area (TPSA) is 28.6 Å². The van der Waals surface area contributed by atoms with Gasteiger partial charge in [-0.05, 0) is 40.2 Å². The molecule has 0 bridgehead atoms. The minimum absolute atomic E-state index is 0.938. The molecule has 1 aromatic heterocycles. The number of rotatable bonds is 3. The Kier molecular flexibility index (Phi) is 4.29. The molecule has 0 aliphatic carbocycles. The molecule has 1 aliphatic rings. The molecule has 0 unspecified atom stereocenters. The maximum Gasteiger partial charge on any atom is 0.142 e. The third-order valence-electron chi connectivity index (χ3n) is 3.74. The van der Waals surface area contributed by atoms with Crippen molar-refractivity contribution >= 4 is 27.4 Å². The number of anilines is 2. The standard InChI is InChI=1S/C16H18BrN3O/c1-21-15-5-3-2-4-14(15)19-8-10-20(11-9-19)16-7-6-13(17)12-18-16/h2-7,12H,8-11H2,1H3. The number of aromatic nitrogens is 1. The van der Waals surface area contributed by atoms with Gasteiger partial charge < -0.3 is 14.5 Å². The Morgan fingerprint density at radius 2 is 1.71 bits per heavy atom. The van der Waals surface area contributed by atoms with Crippen LogP contribution >= 0.6 is 15.9 Å². The highest BCUT2D eigenvalue weighted by atomic mass is 79.9. The molecule has 1 aliphatic heterocycles. The lowest BCUT2D eigenvalue weighted by Crippen LogP contribution is -2.46. The molecule has 2 heterocycles. The van der Waals surface area contributed by atoms with Crippen molar-refractivity contribution in [1.82, 2.24) is 4.98 Å². The molecule has 2 aromatic rings. The van der Waals surface area contributed by atoms with E-state index in [0.29, 0.717) is 0 Å². The summed E-state index contributed by atoms with van der Waals surface area (Å²) in [4.78, 5) is 9.16. The van der Waals surface area contributed by atoms with Crippen LogP contribution in [0.25, 0.3) is 0 Å². The summed E-state index contributed by atoms with van der Waals surface area (Å²) in [5.41, 5.74) is 1.17. The first kappa shape index (κ1) is 14.2. The number of piperazine rings is 1. The Hall–Kier alpha value is -1.75. The van der Waals surface area contributed by atoms with Crippen molar-refractivity contribution in [2.75, 3.05) is 43.1 Å². The number of ether oxygens (including phenoxy) is 1. The zero-order valence-electron chi connectivity index (χ0n) is 12.0. The van der Waals surface area contributed by atoms with Gasteiger partial charge in [-0.15, -0.1) is 0 Å². The van der Waals surface area contributed by atoms with Crippen LogP contribution in [-0.2, 0) is 0 Å². The van der Waals surface area contributed by atoms with Crippen LogP contribution in [0.15, 0.2) is 47.1 Å². The van der Waals surface area contributed by atoms with E-state index < -0.39 is 0 Å². The second-order valence-electron chi connectivity index (χ2n) is 4.98. The highest BCUT2D eigenvalue weighted by Gasteiger charge is 2.20. The van der Waals surface area contributed by atoms with Crippen LogP contribution in [-0.4, -0.2) is 38.3 Å². The van der Waals surface area contributed by atoms with E-state index in [9.17, 15) is 0 Å². The summed E-state index contributed by atoms with van der Waals surface area (Å²) in [6, 6.07) is 12.3. The van der Waals surface area contributed by atoms with E-state index >= 15 is 0 Å². The molecule has 0 N–H and O–H groups in total. The van der Waals surface area contributed by atoms with E-state index in [0.717, 1.165) is 42.2 Å². The summed E-state index contributed by atoms with van der Waals surface area (Å²) in [6.07, 6.45) is 1.85. The van der Waals surface area contributed by atoms with Crippen molar-refractivity contribution in [2.45, 2.75) is 0 Å². The number of hydrogen-bond acceptors (Lipinski definition) is 4. The molecule has 0 amide bonds. The first-order valence-corrected chi connectivity index (χ1v) is 7.81. The van der Waals surface area contributed by atoms with Crippen molar-refractivity contribution in [3.63, 3.8) is 0 Å². The second-order valence-corrected chi connectivity index (χ2v) is 5.90. The summed E-state index contributed by atoms with van der Waals surface area (Å²) in [6.45, 7) is 3.87. The molecular weight excluding hydrogens is 330 g/mol. The lowest BCUT2D eigenvalue weighted by Gasteiger charge is -2.37. The average Bonchev–Trinajstić information content (AvgIpc) is 2.56. The first-order valence-electron chi connectivity index (χ1n) is 7.02. The van der Waals surface area contributed by atoms with E-state index in [1.54, 1.807) is 7.11 Å². The number of benzene rings is 1. The number of halogens is 1. The van der Waals surface area contributed by atoms with Crippen molar-refractivity contribution in [3.05, 3.63) is 47.1 Å². The molecule has 4 nitrogen and oxygen atoms in total. The summed E-state index contributed by atoms with van der Waals surface area (Å²) in [5.74, 6) is 1.98. The van der Waals surface area contributed by atoms with Gasteiger partial charge in [-0.25, -0.2) is 4.98 Å². The number of nitrogens with zero attached hydrogens (tertiary/aromatic N) is 3. The predicted octanol–water partition coefficient (Wildman–Crippen LogP) is 3.18. The molecule has 110 valence electrons. The van der Waals surface area contributed by atoms with Gasteiger partial charge in [0.05, 0.1) is 12.8 Å². The Bertz CT molecular complexity index is 595. The molecule has 0 radical (unpaired) electrons. The quantitative estimate of drug-likeness (QED) is 0.852. The van der Waals surface area contributed by atoms with Gasteiger partial charge in [-0.3, -0.25) is 0 Å². The summed E-state index contributed by atoms with van der Waals surface area (Å²) >= 11 is 3.42. The lowest BCUT2D eigenvalue weighted by molar-refractivity contribution is 0.413.